The summed E-state index contributed by atoms with van der Waals surface area (Å²) in [4.78, 5) is 11.7. The first kappa shape index (κ1) is 29.6. The molecule has 0 atom stereocenters. The molecule has 18 heteroatoms. The molecule has 0 aromatic carbocycles. The molecule has 0 fully saturated rings. The van der Waals surface area contributed by atoms with E-state index in [-0.39, 0.29) is 0 Å². The van der Waals surface area contributed by atoms with E-state index in [0.29, 0.717) is 0 Å². The van der Waals surface area contributed by atoms with E-state index in [2.05, 4.69) is 0 Å². The second-order valence-corrected chi connectivity index (χ2v) is 5.59. The molecule has 0 saturated carbocycles. The molecule has 176 valence electrons. The Labute approximate surface area is 151 Å². The molecule has 0 bridgehead atoms. The zero-order valence-electron chi connectivity index (χ0n) is 14.0. The van der Waals surface area contributed by atoms with Crippen molar-refractivity contribution in [1.82, 2.24) is 4.90 Å². The number of alkyl halides is 15. The van der Waals surface area contributed by atoms with E-state index in [1.807, 2.05) is 26.0 Å². The number of halogens is 15. The lowest BCUT2D eigenvalue weighted by Gasteiger charge is -2.40. The number of carboxylic acid groups (broad SMARTS) is 1. The number of rotatable bonds is 6. The minimum absolute atomic E-state index is 2.00. The van der Waals surface area contributed by atoms with Crippen molar-refractivity contribution in [3.63, 3.8) is 0 Å². The maximum atomic E-state index is 12.8. The SMILES string of the molecule is CN(C)C.O=C(O)C(F)(F)C(F)(F)C(F)(F)C(F)(F)C(F)(F)C(F)(F)C(F)(F)F. The van der Waals surface area contributed by atoms with Gasteiger partial charge in [0.15, 0.2) is 0 Å². The van der Waals surface area contributed by atoms with Crippen LogP contribution >= 0.6 is 0 Å². The molecule has 0 aliphatic heterocycles. The summed E-state index contributed by atoms with van der Waals surface area (Å²) < 4.78 is 187. The fourth-order valence-corrected chi connectivity index (χ4v) is 1.10. The Kier molecular flexibility index (Phi) is 8.06. The van der Waals surface area contributed by atoms with Crippen molar-refractivity contribution in [2.45, 2.75) is 41.7 Å². The molecule has 0 radical (unpaired) electrons. The van der Waals surface area contributed by atoms with Gasteiger partial charge in [-0.1, -0.05) is 0 Å². The highest BCUT2D eigenvalue weighted by Gasteiger charge is 2.94. The topological polar surface area (TPSA) is 40.5 Å². The Morgan fingerprint density at radius 3 is 0.966 bits per heavy atom. The lowest BCUT2D eigenvalue weighted by atomic mass is 9.91. The van der Waals surface area contributed by atoms with E-state index in [0.717, 1.165) is 0 Å². The minimum atomic E-state index is -8.47. The Morgan fingerprint density at radius 2 is 0.759 bits per heavy atom. The van der Waals surface area contributed by atoms with Gasteiger partial charge in [-0.2, -0.15) is 65.9 Å². The van der Waals surface area contributed by atoms with Crippen LogP contribution in [-0.2, 0) is 4.79 Å². The number of hydrogen-bond acceptors (Lipinski definition) is 2. The summed E-state index contributed by atoms with van der Waals surface area (Å²) in [6.07, 6.45) is -7.69. The molecule has 0 saturated heterocycles. The number of aliphatic carboxylic acids is 1. The van der Waals surface area contributed by atoms with E-state index in [1.54, 1.807) is 0 Å². The number of hydrogen-bond donors (Lipinski definition) is 1. The highest BCUT2D eigenvalue weighted by atomic mass is 19.4. The predicted octanol–water partition coefficient (Wildman–Crippen LogP) is 4.62. The van der Waals surface area contributed by atoms with Gasteiger partial charge >= 0.3 is 47.7 Å². The lowest BCUT2D eigenvalue weighted by molar-refractivity contribution is -0.450. The van der Waals surface area contributed by atoms with Crippen LogP contribution in [0.1, 0.15) is 0 Å². The van der Waals surface area contributed by atoms with Crippen molar-refractivity contribution in [3.8, 4) is 0 Å². The summed E-state index contributed by atoms with van der Waals surface area (Å²) >= 11 is 0. The van der Waals surface area contributed by atoms with Crippen LogP contribution in [0.2, 0.25) is 0 Å². The van der Waals surface area contributed by atoms with Crippen LogP contribution in [0.3, 0.4) is 0 Å². The van der Waals surface area contributed by atoms with Gasteiger partial charge in [-0.05, 0) is 21.1 Å². The third kappa shape index (κ3) is 4.60. The average molecular weight is 473 g/mol. The van der Waals surface area contributed by atoms with Gasteiger partial charge in [0.1, 0.15) is 0 Å². The zero-order chi connectivity index (χ0) is 24.7. The summed E-state index contributed by atoms with van der Waals surface area (Å²) in [6.45, 7) is 0. The fourth-order valence-electron chi connectivity index (χ4n) is 1.10. The number of nitrogens with zero attached hydrogens (tertiary/aromatic N) is 1. The first-order valence-electron chi connectivity index (χ1n) is 6.35. The first-order chi connectivity index (χ1) is 12.2. The second-order valence-electron chi connectivity index (χ2n) is 5.59. The van der Waals surface area contributed by atoms with E-state index in [1.165, 1.54) is 0 Å². The third-order valence-electron chi connectivity index (χ3n) is 2.60. The van der Waals surface area contributed by atoms with Crippen molar-refractivity contribution >= 4 is 5.97 Å². The molecule has 0 unspecified atom stereocenters. The van der Waals surface area contributed by atoms with Gasteiger partial charge in [-0.15, -0.1) is 0 Å². The molecular formula is C11H10F15NO2. The minimum Gasteiger partial charge on any atom is -0.477 e. The summed E-state index contributed by atoms with van der Waals surface area (Å²) in [6, 6.07) is 0. The van der Waals surface area contributed by atoms with E-state index in [9.17, 15) is 70.7 Å². The largest absolute Gasteiger partial charge is 0.477 e. The van der Waals surface area contributed by atoms with Gasteiger partial charge in [0, 0.05) is 0 Å². The first-order valence-corrected chi connectivity index (χ1v) is 6.35. The monoisotopic (exact) mass is 473 g/mol. The number of carboxylic acids is 1. The van der Waals surface area contributed by atoms with Crippen molar-refractivity contribution in [2.75, 3.05) is 21.1 Å². The molecule has 3 nitrogen and oxygen atoms in total. The van der Waals surface area contributed by atoms with Crippen LogP contribution < -0.4 is 0 Å². The van der Waals surface area contributed by atoms with Crippen molar-refractivity contribution in [1.29, 1.82) is 0 Å². The summed E-state index contributed by atoms with van der Waals surface area (Å²) in [5.41, 5.74) is 0. The van der Waals surface area contributed by atoms with Gasteiger partial charge in [0.05, 0.1) is 0 Å². The van der Waals surface area contributed by atoms with Gasteiger partial charge in [0.2, 0.25) is 0 Å². The summed E-state index contributed by atoms with van der Waals surface area (Å²) in [5.74, 6) is -52.8. The van der Waals surface area contributed by atoms with Crippen molar-refractivity contribution < 1.29 is 75.8 Å². The van der Waals surface area contributed by atoms with E-state index < -0.39 is 47.7 Å². The van der Waals surface area contributed by atoms with Crippen LogP contribution in [0.5, 0.6) is 0 Å². The van der Waals surface area contributed by atoms with Crippen molar-refractivity contribution in [2.24, 2.45) is 0 Å². The van der Waals surface area contributed by atoms with E-state index in [4.69, 9.17) is 5.11 Å². The zero-order valence-corrected chi connectivity index (χ0v) is 14.0. The molecule has 0 spiro atoms. The molecule has 0 aromatic rings. The molecule has 0 heterocycles. The molecule has 0 aliphatic rings. The Morgan fingerprint density at radius 1 is 0.552 bits per heavy atom. The quantitative estimate of drug-likeness (QED) is 0.573. The predicted molar refractivity (Wildman–Crippen MR) is 63.0 cm³/mol. The van der Waals surface area contributed by atoms with Gasteiger partial charge in [-0.25, -0.2) is 4.79 Å². The average Bonchev–Trinajstić information content (AvgIpc) is 2.43. The summed E-state index contributed by atoms with van der Waals surface area (Å²) in [5, 5.41) is 7.57. The normalized spacial score (nSPS) is 15.1. The maximum absolute atomic E-state index is 12.8. The van der Waals surface area contributed by atoms with Crippen LogP contribution in [-0.4, -0.2) is 78.8 Å². The van der Waals surface area contributed by atoms with Crippen LogP contribution in [0.25, 0.3) is 0 Å². The lowest BCUT2D eigenvalue weighted by Crippen LogP contribution is -2.73. The van der Waals surface area contributed by atoms with Gasteiger partial charge < -0.3 is 10.0 Å². The number of carbonyl (C=O) groups is 1. The standard InChI is InChI=1S/C8HF15O2.C3H9N/c9-2(10,1(24)25)3(11,12)4(13,14)5(15,16)6(17,18)7(19,20)8(21,22)23;1-4(2)3/h(H,24,25);1-3H3. The highest BCUT2D eigenvalue weighted by Crippen LogP contribution is 2.62. The van der Waals surface area contributed by atoms with Crippen molar-refractivity contribution in [3.05, 3.63) is 0 Å². The van der Waals surface area contributed by atoms with Crippen LogP contribution in [0, 0.1) is 0 Å². The molecule has 0 rings (SSSR count). The molecule has 0 aromatic heterocycles. The third-order valence-corrected chi connectivity index (χ3v) is 2.60. The maximum Gasteiger partial charge on any atom is 0.460 e. The van der Waals surface area contributed by atoms with E-state index >= 15 is 0 Å². The van der Waals surface area contributed by atoms with Gasteiger partial charge in [0.25, 0.3) is 0 Å². The fraction of sp³-hybridized carbons (Fsp3) is 0.909. The molecule has 0 aliphatic carbocycles. The Balaban J connectivity index is 0. The highest BCUT2D eigenvalue weighted by molar-refractivity contribution is 5.77. The molecule has 0 amide bonds. The second kappa shape index (κ2) is 7.90. The smallest absolute Gasteiger partial charge is 0.460 e. The van der Waals surface area contributed by atoms with Crippen LogP contribution in [0.15, 0.2) is 0 Å². The molecule has 29 heavy (non-hydrogen) atoms. The Bertz CT molecular complexity index is 579. The molecule has 1 N–H and O–H groups in total. The van der Waals surface area contributed by atoms with Gasteiger partial charge in [-0.3, -0.25) is 0 Å². The molecular weight excluding hydrogens is 463 g/mol. The summed E-state index contributed by atoms with van der Waals surface area (Å²) in [7, 11) is 6.00. The Hall–Kier alpha value is -1.62. The van der Waals surface area contributed by atoms with Crippen LogP contribution in [0.4, 0.5) is 65.9 Å².